The molecular formula is C22H25F2NO4. The highest BCUT2D eigenvalue weighted by atomic mass is 19.3. The number of benzene rings is 1. The van der Waals surface area contributed by atoms with Crippen LogP contribution in [0.4, 0.5) is 8.78 Å². The summed E-state index contributed by atoms with van der Waals surface area (Å²) in [4.78, 5) is 24.1. The molecule has 7 heteroatoms. The van der Waals surface area contributed by atoms with E-state index in [1.54, 1.807) is 19.1 Å². The van der Waals surface area contributed by atoms with E-state index in [0.717, 1.165) is 10.5 Å². The Bertz CT molecular complexity index is 823. The van der Waals surface area contributed by atoms with Crippen molar-refractivity contribution in [1.29, 1.82) is 0 Å². The first-order valence-corrected chi connectivity index (χ1v) is 9.43. The van der Waals surface area contributed by atoms with E-state index in [1.807, 2.05) is 6.92 Å². The zero-order valence-electron chi connectivity index (χ0n) is 16.4. The molecule has 0 aliphatic carbocycles. The molecule has 1 aliphatic heterocycles. The SMILES string of the molecule is CC#CC[C@H](C)[C@H](O)C=CC1CC(F)(F)C(=O)N1CCc1ccc(C(=O)O)cc1. The van der Waals surface area contributed by atoms with Gasteiger partial charge in [-0.25, -0.2) is 4.79 Å². The monoisotopic (exact) mass is 405 g/mol. The number of carboxylic acids is 1. The predicted octanol–water partition coefficient (Wildman–Crippen LogP) is 3.13. The van der Waals surface area contributed by atoms with Crippen LogP contribution in [-0.4, -0.2) is 51.6 Å². The van der Waals surface area contributed by atoms with Crippen molar-refractivity contribution in [2.45, 2.75) is 51.2 Å². The van der Waals surface area contributed by atoms with E-state index >= 15 is 0 Å². The van der Waals surface area contributed by atoms with Gasteiger partial charge in [0.15, 0.2) is 0 Å². The van der Waals surface area contributed by atoms with Crippen molar-refractivity contribution >= 4 is 11.9 Å². The first-order valence-electron chi connectivity index (χ1n) is 9.43. The maximum atomic E-state index is 14.0. The number of likely N-dealkylation sites (tertiary alicyclic amines) is 1. The molecule has 5 nitrogen and oxygen atoms in total. The molecule has 0 radical (unpaired) electrons. The number of carbonyl (C=O) groups excluding carboxylic acids is 1. The number of halogens is 2. The molecule has 1 unspecified atom stereocenters. The number of hydrogen-bond acceptors (Lipinski definition) is 3. The van der Waals surface area contributed by atoms with Crippen molar-refractivity contribution < 1.29 is 28.6 Å². The molecule has 0 spiro atoms. The average Bonchev–Trinajstić information content (AvgIpc) is 2.91. The van der Waals surface area contributed by atoms with Crippen molar-refractivity contribution in [2.24, 2.45) is 5.92 Å². The number of amides is 1. The summed E-state index contributed by atoms with van der Waals surface area (Å²) >= 11 is 0. The fraction of sp³-hybridized carbons (Fsp3) is 0.455. The predicted molar refractivity (Wildman–Crippen MR) is 105 cm³/mol. The van der Waals surface area contributed by atoms with Crippen LogP contribution in [0.1, 0.15) is 42.6 Å². The first kappa shape index (κ1) is 22.6. The van der Waals surface area contributed by atoms with Crippen molar-refractivity contribution in [3.63, 3.8) is 0 Å². The molecule has 156 valence electrons. The molecule has 0 bridgehead atoms. The normalized spacial score (nSPS) is 20.4. The van der Waals surface area contributed by atoms with Gasteiger partial charge in [0, 0.05) is 19.4 Å². The van der Waals surface area contributed by atoms with E-state index in [1.165, 1.54) is 24.3 Å². The molecule has 0 saturated carbocycles. The summed E-state index contributed by atoms with van der Waals surface area (Å²) < 4.78 is 28.0. The molecule has 1 aromatic carbocycles. The van der Waals surface area contributed by atoms with Crippen LogP contribution in [0.25, 0.3) is 0 Å². The average molecular weight is 405 g/mol. The summed E-state index contributed by atoms with van der Waals surface area (Å²) in [5.74, 6) is -0.252. The molecule has 1 aromatic rings. The summed E-state index contributed by atoms with van der Waals surface area (Å²) in [6, 6.07) is 5.27. The molecule has 29 heavy (non-hydrogen) atoms. The molecule has 2 N–H and O–H groups in total. The van der Waals surface area contributed by atoms with Crippen LogP contribution in [0.3, 0.4) is 0 Å². The third kappa shape index (κ3) is 5.88. The molecule has 1 amide bonds. The van der Waals surface area contributed by atoms with E-state index in [9.17, 15) is 23.5 Å². The van der Waals surface area contributed by atoms with Gasteiger partial charge in [0.1, 0.15) is 0 Å². The minimum Gasteiger partial charge on any atom is -0.478 e. The number of carboxylic acid groups (broad SMARTS) is 1. The zero-order chi connectivity index (χ0) is 21.6. The largest absolute Gasteiger partial charge is 0.478 e. The van der Waals surface area contributed by atoms with Crippen LogP contribution >= 0.6 is 0 Å². The number of carbonyl (C=O) groups is 2. The zero-order valence-corrected chi connectivity index (χ0v) is 16.4. The maximum Gasteiger partial charge on any atom is 0.335 e. The Morgan fingerprint density at radius 1 is 1.38 bits per heavy atom. The molecule has 1 aliphatic rings. The lowest BCUT2D eigenvalue weighted by molar-refractivity contribution is -0.148. The number of aliphatic hydroxyl groups is 1. The Morgan fingerprint density at radius 2 is 2.03 bits per heavy atom. The fourth-order valence-electron chi connectivity index (χ4n) is 3.14. The second kappa shape index (κ2) is 9.66. The van der Waals surface area contributed by atoms with Gasteiger partial charge in [0.25, 0.3) is 5.91 Å². The van der Waals surface area contributed by atoms with Gasteiger partial charge in [-0.1, -0.05) is 31.2 Å². The smallest absolute Gasteiger partial charge is 0.335 e. The van der Waals surface area contributed by atoms with Crippen LogP contribution in [0, 0.1) is 17.8 Å². The van der Waals surface area contributed by atoms with Crippen LogP contribution in [0.15, 0.2) is 36.4 Å². The summed E-state index contributed by atoms with van der Waals surface area (Å²) in [6.07, 6.45) is 2.25. The van der Waals surface area contributed by atoms with Crippen molar-refractivity contribution in [1.82, 2.24) is 4.90 Å². The van der Waals surface area contributed by atoms with Crippen LogP contribution in [0.5, 0.6) is 0 Å². The molecular weight excluding hydrogens is 380 g/mol. The van der Waals surface area contributed by atoms with Crippen molar-refractivity contribution in [3.05, 3.63) is 47.5 Å². The number of aliphatic hydroxyl groups excluding tert-OH is 1. The lowest BCUT2D eigenvalue weighted by atomic mass is 10.00. The third-order valence-electron chi connectivity index (χ3n) is 5.00. The maximum absolute atomic E-state index is 14.0. The van der Waals surface area contributed by atoms with E-state index in [0.29, 0.717) is 12.8 Å². The Hall–Kier alpha value is -2.72. The summed E-state index contributed by atoms with van der Waals surface area (Å²) in [5.41, 5.74) is 0.877. The Labute approximate surface area is 169 Å². The standard InChI is InChI=1S/C22H25F2NO4/c1-3-4-5-15(2)19(26)11-10-18-14-22(23,24)21(29)25(18)13-12-16-6-8-17(9-7-16)20(27)28/h6-11,15,18-19,26H,5,12-14H2,1-2H3,(H,27,28)/t15-,18?,19+/m0/s1. The summed E-state index contributed by atoms with van der Waals surface area (Å²) in [6.45, 7) is 3.59. The number of aromatic carboxylic acids is 1. The fourth-order valence-corrected chi connectivity index (χ4v) is 3.14. The molecule has 1 fully saturated rings. The molecule has 0 aromatic heterocycles. The quantitative estimate of drug-likeness (QED) is 0.515. The minimum absolute atomic E-state index is 0.0722. The minimum atomic E-state index is -3.44. The van der Waals surface area contributed by atoms with E-state index < -0.39 is 36.4 Å². The summed E-state index contributed by atoms with van der Waals surface area (Å²) in [5, 5.41) is 19.1. The number of hydrogen-bond donors (Lipinski definition) is 2. The number of nitrogens with zero attached hydrogens (tertiary/aromatic N) is 1. The van der Waals surface area contributed by atoms with Crippen LogP contribution < -0.4 is 0 Å². The van der Waals surface area contributed by atoms with E-state index in [4.69, 9.17) is 5.11 Å². The Kier molecular flexibility index (Phi) is 7.52. The van der Waals surface area contributed by atoms with Crippen LogP contribution in [-0.2, 0) is 11.2 Å². The second-order valence-corrected chi connectivity index (χ2v) is 7.21. The van der Waals surface area contributed by atoms with Gasteiger partial charge in [0.2, 0.25) is 0 Å². The van der Waals surface area contributed by atoms with Crippen molar-refractivity contribution in [2.75, 3.05) is 6.54 Å². The topological polar surface area (TPSA) is 77.8 Å². The lowest BCUT2D eigenvalue weighted by Gasteiger charge is -2.22. The molecule has 1 heterocycles. The van der Waals surface area contributed by atoms with Gasteiger partial charge >= 0.3 is 11.9 Å². The Balaban J connectivity index is 2.06. The van der Waals surface area contributed by atoms with Gasteiger partial charge in [-0.2, -0.15) is 8.78 Å². The second-order valence-electron chi connectivity index (χ2n) is 7.21. The van der Waals surface area contributed by atoms with E-state index in [2.05, 4.69) is 11.8 Å². The van der Waals surface area contributed by atoms with Crippen LogP contribution in [0.2, 0.25) is 0 Å². The lowest BCUT2D eigenvalue weighted by Crippen LogP contribution is -2.37. The first-order chi connectivity index (χ1) is 13.7. The van der Waals surface area contributed by atoms with Gasteiger partial charge in [0.05, 0.1) is 17.7 Å². The number of rotatable bonds is 8. The molecule has 1 saturated heterocycles. The van der Waals surface area contributed by atoms with Gasteiger partial charge < -0.3 is 15.1 Å². The summed E-state index contributed by atoms with van der Waals surface area (Å²) in [7, 11) is 0. The highest BCUT2D eigenvalue weighted by Gasteiger charge is 2.52. The molecule has 2 rings (SSSR count). The van der Waals surface area contributed by atoms with Gasteiger partial charge in [-0.05, 0) is 37.0 Å². The van der Waals surface area contributed by atoms with Crippen molar-refractivity contribution in [3.8, 4) is 11.8 Å². The van der Waals surface area contributed by atoms with Gasteiger partial charge in [-0.15, -0.1) is 11.8 Å². The Morgan fingerprint density at radius 3 is 2.62 bits per heavy atom. The number of alkyl halides is 2. The van der Waals surface area contributed by atoms with E-state index in [-0.39, 0.29) is 18.0 Å². The highest BCUT2D eigenvalue weighted by molar-refractivity contribution is 5.87. The molecule has 3 atom stereocenters. The van der Waals surface area contributed by atoms with Gasteiger partial charge in [-0.3, -0.25) is 4.79 Å². The highest BCUT2D eigenvalue weighted by Crippen LogP contribution is 2.34. The third-order valence-corrected chi connectivity index (χ3v) is 5.00.